The molecule has 0 radical (unpaired) electrons. The molecule has 0 saturated heterocycles. The maximum absolute atomic E-state index is 2.64. The zero-order chi connectivity index (χ0) is 17.3. The predicted octanol–water partition coefficient (Wildman–Crippen LogP) is 8.40. The highest BCUT2D eigenvalue weighted by Gasteiger charge is 2.43. The molecule has 0 aromatic rings. The maximum Gasteiger partial charge on any atom is -0.0272 e. The standard InChI is InChI=1S/C23H46/c1-7-10-11-13-20(4)21-14-12-18-23(6,19-15-21)22(5,16-8-2)17-9-3/h20-21H,7-19H2,1-6H3. The molecule has 0 nitrogen and oxygen atoms in total. The molecular formula is C23H46. The zero-order valence-electron chi connectivity index (χ0n) is 17.3. The van der Waals surface area contributed by atoms with Gasteiger partial charge in [0.05, 0.1) is 0 Å². The van der Waals surface area contributed by atoms with E-state index in [0.29, 0.717) is 10.8 Å². The van der Waals surface area contributed by atoms with Gasteiger partial charge >= 0.3 is 0 Å². The summed E-state index contributed by atoms with van der Waals surface area (Å²) in [6.45, 7) is 14.9. The third kappa shape index (κ3) is 5.79. The first-order valence-electron chi connectivity index (χ1n) is 10.9. The molecule has 0 aliphatic heterocycles. The molecule has 0 aromatic heterocycles. The highest BCUT2D eigenvalue weighted by atomic mass is 14.5. The molecule has 1 rings (SSSR count). The van der Waals surface area contributed by atoms with Gasteiger partial charge in [0.25, 0.3) is 0 Å². The molecule has 0 aromatic carbocycles. The molecule has 3 atom stereocenters. The van der Waals surface area contributed by atoms with Crippen LogP contribution in [-0.4, -0.2) is 0 Å². The van der Waals surface area contributed by atoms with Gasteiger partial charge in [0.2, 0.25) is 0 Å². The van der Waals surface area contributed by atoms with E-state index in [0.717, 1.165) is 11.8 Å². The van der Waals surface area contributed by atoms with E-state index in [2.05, 4.69) is 41.5 Å². The molecule has 138 valence electrons. The van der Waals surface area contributed by atoms with Gasteiger partial charge in [0, 0.05) is 0 Å². The van der Waals surface area contributed by atoms with Crippen LogP contribution in [0.1, 0.15) is 125 Å². The van der Waals surface area contributed by atoms with Crippen molar-refractivity contribution < 1.29 is 0 Å². The van der Waals surface area contributed by atoms with Gasteiger partial charge in [0.1, 0.15) is 0 Å². The molecule has 0 spiro atoms. The lowest BCUT2D eigenvalue weighted by molar-refractivity contribution is 0.0296. The summed E-state index contributed by atoms with van der Waals surface area (Å²) in [6, 6.07) is 0. The summed E-state index contributed by atoms with van der Waals surface area (Å²) in [5.74, 6) is 1.95. The van der Waals surface area contributed by atoms with E-state index in [-0.39, 0.29) is 0 Å². The first-order chi connectivity index (χ1) is 10.9. The third-order valence-corrected chi connectivity index (χ3v) is 7.50. The van der Waals surface area contributed by atoms with Crippen molar-refractivity contribution in [2.45, 2.75) is 125 Å². The van der Waals surface area contributed by atoms with Gasteiger partial charge in [-0.2, -0.15) is 0 Å². The van der Waals surface area contributed by atoms with E-state index in [9.17, 15) is 0 Å². The number of hydrogen-bond acceptors (Lipinski definition) is 0. The summed E-state index contributed by atoms with van der Waals surface area (Å²) < 4.78 is 0. The van der Waals surface area contributed by atoms with Crippen LogP contribution in [0.25, 0.3) is 0 Å². The summed E-state index contributed by atoms with van der Waals surface area (Å²) in [4.78, 5) is 0. The fraction of sp³-hybridized carbons (Fsp3) is 1.00. The molecule has 0 heteroatoms. The van der Waals surface area contributed by atoms with Crippen molar-refractivity contribution in [1.29, 1.82) is 0 Å². The Bertz CT molecular complexity index is 299. The molecule has 1 aliphatic carbocycles. The van der Waals surface area contributed by atoms with Crippen molar-refractivity contribution in [3.63, 3.8) is 0 Å². The van der Waals surface area contributed by atoms with Crippen molar-refractivity contribution in [1.82, 2.24) is 0 Å². The summed E-state index contributed by atoms with van der Waals surface area (Å²) in [6.07, 6.45) is 18.7. The monoisotopic (exact) mass is 322 g/mol. The van der Waals surface area contributed by atoms with Crippen LogP contribution in [0.5, 0.6) is 0 Å². The summed E-state index contributed by atoms with van der Waals surface area (Å²) in [5.41, 5.74) is 1.15. The average Bonchev–Trinajstić information content (AvgIpc) is 2.71. The Labute approximate surface area is 148 Å². The Hall–Kier alpha value is 0. The van der Waals surface area contributed by atoms with Crippen molar-refractivity contribution >= 4 is 0 Å². The van der Waals surface area contributed by atoms with Crippen LogP contribution in [0.4, 0.5) is 0 Å². The lowest BCUT2D eigenvalue weighted by Gasteiger charge is -2.47. The number of hydrogen-bond donors (Lipinski definition) is 0. The van der Waals surface area contributed by atoms with Gasteiger partial charge in [-0.05, 0) is 54.8 Å². The van der Waals surface area contributed by atoms with E-state index in [1.807, 2.05) is 0 Å². The van der Waals surface area contributed by atoms with Gasteiger partial charge in [-0.3, -0.25) is 0 Å². The van der Waals surface area contributed by atoms with Crippen LogP contribution in [-0.2, 0) is 0 Å². The Balaban J connectivity index is 2.67. The van der Waals surface area contributed by atoms with Gasteiger partial charge < -0.3 is 0 Å². The predicted molar refractivity (Wildman–Crippen MR) is 106 cm³/mol. The average molecular weight is 323 g/mol. The molecule has 0 amide bonds. The maximum atomic E-state index is 2.64. The minimum absolute atomic E-state index is 0.566. The molecule has 1 saturated carbocycles. The van der Waals surface area contributed by atoms with Crippen LogP contribution in [0.15, 0.2) is 0 Å². The van der Waals surface area contributed by atoms with Crippen LogP contribution in [0.3, 0.4) is 0 Å². The Morgan fingerprint density at radius 1 is 0.957 bits per heavy atom. The highest BCUT2D eigenvalue weighted by Crippen LogP contribution is 2.54. The first-order valence-corrected chi connectivity index (χ1v) is 10.9. The minimum atomic E-state index is 0.566. The normalized spacial score (nSPS) is 27.7. The third-order valence-electron chi connectivity index (χ3n) is 7.50. The van der Waals surface area contributed by atoms with Crippen molar-refractivity contribution in [2.24, 2.45) is 22.7 Å². The van der Waals surface area contributed by atoms with Gasteiger partial charge in [-0.25, -0.2) is 0 Å². The van der Waals surface area contributed by atoms with Crippen LogP contribution in [0.2, 0.25) is 0 Å². The molecule has 0 heterocycles. The molecule has 3 unspecified atom stereocenters. The van der Waals surface area contributed by atoms with Gasteiger partial charge in [-0.15, -0.1) is 0 Å². The van der Waals surface area contributed by atoms with Crippen molar-refractivity contribution in [3.05, 3.63) is 0 Å². The zero-order valence-corrected chi connectivity index (χ0v) is 17.3. The van der Waals surface area contributed by atoms with Crippen LogP contribution in [0, 0.1) is 22.7 Å². The smallest absolute Gasteiger partial charge is 0.0272 e. The topological polar surface area (TPSA) is 0 Å². The fourth-order valence-corrected chi connectivity index (χ4v) is 5.48. The van der Waals surface area contributed by atoms with E-state index < -0.39 is 0 Å². The van der Waals surface area contributed by atoms with Crippen LogP contribution < -0.4 is 0 Å². The summed E-state index contributed by atoms with van der Waals surface area (Å²) in [5, 5.41) is 0. The SMILES string of the molecule is CCCCCC(C)C1CCCC(C)(C(C)(CCC)CCC)CC1. The van der Waals surface area contributed by atoms with Crippen molar-refractivity contribution in [3.8, 4) is 0 Å². The van der Waals surface area contributed by atoms with Gasteiger partial charge in [0.15, 0.2) is 0 Å². The van der Waals surface area contributed by atoms with E-state index in [1.54, 1.807) is 0 Å². The minimum Gasteiger partial charge on any atom is -0.0654 e. The second-order valence-corrected chi connectivity index (χ2v) is 9.29. The Morgan fingerprint density at radius 3 is 2.17 bits per heavy atom. The Kier molecular flexibility index (Phi) is 9.24. The Morgan fingerprint density at radius 2 is 1.61 bits per heavy atom. The lowest BCUT2D eigenvalue weighted by Crippen LogP contribution is -2.37. The molecule has 1 aliphatic rings. The quantitative estimate of drug-likeness (QED) is 0.280. The summed E-state index contributed by atoms with van der Waals surface area (Å²) >= 11 is 0. The molecular weight excluding hydrogens is 276 g/mol. The van der Waals surface area contributed by atoms with Crippen molar-refractivity contribution in [2.75, 3.05) is 0 Å². The molecule has 0 bridgehead atoms. The number of unbranched alkanes of at least 4 members (excludes halogenated alkanes) is 2. The van der Waals surface area contributed by atoms with Gasteiger partial charge in [-0.1, -0.05) is 92.9 Å². The molecule has 0 N–H and O–H groups in total. The largest absolute Gasteiger partial charge is 0.0654 e. The highest BCUT2D eigenvalue weighted by molar-refractivity contribution is 4.94. The van der Waals surface area contributed by atoms with E-state index >= 15 is 0 Å². The second-order valence-electron chi connectivity index (χ2n) is 9.29. The molecule has 1 fully saturated rings. The second kappa shape index (κ2) is 10.1. The summed E-state index contributed by atoms with van der Waals surface area (Å²) in [7, 11) is 0. The van der Waals surface area contributed by atoms with E-state index in [1.165, 1.54) is 83.5 Å². The van der Waals surface area contributed by atoms with Crippen LogP contribution >= 0.6 is 0 Å². The number of rotatable bonds is 10. The van der Waals surface area contributed by atoms with E-state index in [4.69, 9.17) is 0 Å². The lowest BCUT2D eigenvalue weighted by atomic mass is 9.58. The fourth-order valence-electron chi connectivity index (χ4n) is 5.48. The molecule has 23 heavy (non-hydrogen) atoms. The first kappa shape index (κ1) is 21.0.